The van der Waals surface area contributed by atoms with Crippen molar-refractivity contribution in [2.45, 2.75) is 39.5 Å². The minimum Gasteiger partial charge on any atom is -0.466 e. The van der Waals surface area contributed by atoms with E-state index in [1.165, 1.54) is 5.56 Å². The van der Waals surface area contributed by atoms with E-state index in [0.717, 1.165) is 19.3 Å². The third-order valence-corrected chi connectivity index (χ3v) is 3.00. The number of aryl methyl sites for hydroxylation is 1. The van der Waals surface area contributed by atoms with Gasteiger partial charge in [-0.1, -0.05) is 32.4 Å². The predicted molar refractivity (Wildman–Crippen MR) is 78.6 cm³/mol. The van der Waals surface area contributed by atoms with E-state index in [2.05, 4.69) is 12.2 Å². The molecule has 0 fully saturated rings. The molecule has 0 saturated carbocycles. The van der Waals surface area contributed by atoms with Crippen LogP contribution in [-0.2, 0) is 16.0 Å². The van der Waals surface area contributed by atoms with Crippen molar-refractivity contribution < 1.29 is 14.3 Å². The molecule has 0 radical (unpaired) electrons. The Balaban J connectivity index is 2.27. The van der Waals surface area contributed by atoms with Crippen LogP contribution in [0.1, 0.15) is 49.0 Å². The Kier molecular flexibility index (Phi) is 7.40. The normalized spacial score (nSPS) is 10.1. The minimum absolute atomic E-state index is 0.158. The number of hydrogen-bond acceptors (Lipinski definition) is 3. The lowest BCUT2D eigenvalue weighted by Gasteiger charge is -2.06. The van der Waals surface area contributed by atoms with E-state index in [9.17, 15) is 9.59 Å². The number of unbranched alkanes of at least 4 members (excludes halogenated alkanes) is 1. The zero-order valence-corrected chi connectivity index (χ0v) is 12.3. The molecular weight excluding hydrogens is 254 g/mol. The van der Waals surface area contributed by atoms with Crippen LogP contribution in [0.4, 0.5) is 0 Å². The summed E-state index contributed by atoms with van der Waals surface area (Å²) in [5.74, 6) is -0.422. The maximum atomic E-state index is 11.8. The molecule has 0 aliphatic carbocycles. The molecule has 1 amide bonds. The fourth-order valence-electron chi connectivity index (χ4n) is 1.67. The third-order valence-electron chi connectivity index (χ3n) is 3.00. The van der Waals surface area contributed by atoms with Gasteiger partial charge in [0, 0.05) is 12.1 Å². The quantitative estimate of drug-likeness (QED) is 0.587. The van der Waals surface area contributed by atoms with Crippen LogP contribution in [0.3, 0.4) is 0 Å². The van der Waals surface area contributed by atoms with E-state index in [0.29, 0.717) is 18.7 Å². The standard InChI is InChI=1S/C16H23NO3/c1-3-5-12-20-15(18)10-11-17-16(19)14-8-6-13(4-2)7-9-14/h6-9H,3-5,10-12H2,1-2H3,(H,17,19). The lowest BCUT2D eigenvalue weighted by Crippen LogP contribution is -2.26. The molecule has 4 nitrogen and oxygen atoms in total. The summed E-state index contributed by atoms with van der Waals surface area (Å²) >= 11 is 0. The molecule has 0 bridgehead atoms. The van der Waals surface area contributed by atoms with Gasteiger partial charge in [0.2, 0.25) is 0 Å². The molecule has 0 heterocycles. The second kappa shape index (κ2) is 9.13. The van der Waals surface area contributed by atoms with Gasteiger partial charge in [0.1, 0.15) is 0 Å². The number of carbonyl (C=O) groups excluding carboxylic acids is 2. The van der Waals surface area contributed by atoms with E-state index in [1.807, 2.05) is 19.1 Å². The second-order valence-electron chi connectivity index (χ2n) is 4.63. The van der Waals surface area contributed by atoms with Crippen molar-refractivity contribution >= 4 is 11.9 Å². The van der Waals surface area contributed by atoms with E-state index in [1.54, 1.807) is 12.1 Å². The molecule has 4 heteroatoms. The zero-order chi connectivity index (χ0) is 14.8. The van der Waals surface area contributed by atoms with Crippen molar-refractivity contribution in [1.29, 1.82) is 0 Å². The van der Waals surface area contributed by atoms with Gasteiger partial charge < -0.3 is 10.1 Å². The molecule has 1 aromatic carbocycles. The second-order valence-corrected chi connectivity index (χ2v) is 4.63. The van der Waals surface area contributed by atoms with Crippen molar-refractivity contribution in [1.82, 2.24) is 5.32 Å². The zero-order valence-electron chi connectivity index (χ0n) is 12.3. The van der Waals surface area contributed by atoms with Crippen molar-refractivity contribution in [3.63, 3.8) is 0 Å². The van der Waals surface area contributed by atoms with E-state index >= 15 is 0 Å². The van der Waals surface area contributed by atoms with Gasteiger partial charge in [-0.3, -0.25) is 9.59 Å². The van der Waals surface area contributed by atoms with E-state index in [4.69, 9.17) is 4.74 Å². The number of amides is 1. The highest BCUT2D eigenvalue weighted by atomic mass is 16.5. The molecule has 110 valence electrons. The first-order valence-electron chi connectivity index (χ1n) is 7.20. The molecular formula is C16H23NO3. The van der Waals surface area contributed by atoms with Crippen LogP contribution in [0.5, 0.6) is 0 Å². The average Bonchev–Trinajstić information content (AvgIpc) is 2.47. The SMILES string of the molecule is CCCCOC(=O)CCNC(=O)c1ccc(CC)cc1. The van der Waals surface area contributed by atoms with Gasteiger partial charge in [-0.05, 0) is 30.5 Å². The van der Waals surface area contributed by atoms with Crippen molar-refractivity contribution in [2.75, 3.05) is 13.2 Å². The molecule has 0 unspecified atom stereocenters. The maximum absolute atomic E-state index is 11.8. The monoisotopic (exact) mass is 277 g/mol. The summed E-state index contributed by atoms with van der Waals surface area (Å²) in [5, 5.41) is 2.72. The van der Waals surface area contributed by atoms with Gasteiger partial charge in [-0.25, -0.2) is 0 Å². The van der Waals surface area contributed by atoms with Crippen LogP contribution in [0.2, 0.25) is 0 Å². The number of benzene rings is 1. The average molecular weight is 277 g/mol. The van der Waals surface area contributed by atoms with Crippen LogP contribution < -0.4 is 5.32 Å². The van der Waals surface area contributed by atoms with Gasteiger partial charge in [0.15, 0.2) is 0 Å². The molecule has 0 aliphatic rings. The summed E-state index contributed by atoms with van der Waals surface area (Å²) in [6, 6.07) is 7.48. The lowest BCUT2D eigenvalue weighted by atomic mass is 10.1. The largest absolute Gasteiger partial charge is 0.466 e. The Hall–Kier alpha value is -1.84. The van der Waals surface area contributed by atoms with Gasteiger partial charge >= 0.3 is 5.97 Å². The molecule has 0 atom stereocenters. The highest BCUT2D eigenvalue weighted by Gasteiger charge is 2.07. The fourth-order valence-corrected chi connectivity index (χ4v) is 1.67. The molecule has 20 heavy (non-hydrogen) atoms. The predicted octanol–water partition coefficient (Wildman–Crippen LogP) is 2.71. The van der Waals surface area contributed by atoms with E-state index < -0.39 is 0 Å². The molecule has 0 aromatic heterocycles. The Morgan fingerprint density at radius 2 is 1.85 bits per heavy atom. The minimum atomic E-state index is -0.264. The number of esters is 1. The topological polar surface area (TPSA) is 55.4 Å². The van der Waals surface area contributed by atoms with Crippen LogP contribution in [0.25, 0.3) is 0 Å². The van der Waals surface area contributed by atoms with E-state index in [-0.39, 0.29) is 18.3 Å². The summed E-state index contributed by atoms with van der Waals surface area (Å²) in [7, 11) is 0. The summed E-state index contributed by atoms with van der Waals surface area (Å²) in [4.78, 5) is 23.2. The molecule has 0 aliphatic heterocycles. The Morgan fingerprint density at radius 3 is 2.45 bits per heavy atom. The van der Waals surface area contributed by atoms with Crippen LogP contribution in [-0.4, -0.2) is 25.0 Å². The summed E-state index contributed by atoms with van der Waals surface area (Å²) in [6.45, 7) is 4.87. The smallest absolute Gasteiger partial charge is 0.307 e. The number of carbonyl (C=O) groups is 2. The molecule has 1 aromatic rings. The Morgan fingerprint density at radius 1 is 1.15 bits per heavy atom. The molecule has 1 N–H and O–H groups in total. The lowest BCUT2D eigenvalue weighted by molar-refractivity contribution is -0.143. The highest BCUT2D eigenvalue weighted by Crippen LogP contribution is 2.04. The summed E-state index contributed by atoms with van der Waals surface area (Å²) < 4.78 is 5.01. The highest BCUT2D eigenvalue weighted by molar-refractivity contribution is 5.94. The number of nitrogens with one attached hydrogen (secondary N) is 1. The Bertz CT molecular complexity index is 426. The number of hydrogen-bond donors (Lipinski definition) is 1. The molecule has 0 saturated heterocycles. The van der Waals surface area contributed by atoms with Crippen LogP contribution in [0, 0.1) is 0 Å². The molecule has 1 rings (SSSR count). The molecule has 0 spiro atoms. The van der Waals surface area contributed by atoms with Gasteiger partial charge in [0.25, 0.3) is 5.91 Å². The van der Waals surface area contributed by atoms with Crippen LogP contribution in [0.15, 0.2) is 24.3 Å². The summed E-state index contributed by atoms with van der Waals surface area (Å²) in [6.07, 6.45) is 3.04. The van der Waals surface area contributed by atoms with Crippen LogP contribution >= 0.6 is 0 Å². The first kappa shape index (κ1) is 16.2. The van der Waals surface area contributed by atoms with Crippen molar-refractivity contribution in [2.24, 2.45) is 0 Å². The van der Waals surface area contributed by atoms with Gasteiger partial charge in [0.05, 0.1) is 13.0 Å². The number of ether oxygens (including phenoxy) is 1. The first-order valence-corrected chi connectivity index (χ1v) is 7.20. The summed E-state index contributed by atoms with van der Waals surface area (Å²) in [5.41, 5.74) is 1.81. The van der Waals surface area contributed by atoms with Crippen molar-refractivity contribution in [3.8, 4) is 0 Å². The van der Waals surface area contributed by atoms with Gasteiger partial charge in [-0.2, -0.15) is 0 Å². The van der Waals surface area contributed by atoms with Gasteiger partial charge in [-0.15, -0.1) is 0 Å². The fraction of sp³-hybridized carbons (Fsp3) is 0.500. The Labute approximate surface area is 120 Å². The van der Waals surface area contributed by atoms with Crippen molar-refractivity contribution in [3.05, 3.63) is 35.4 Å². The third kappa shape index (κ3) is 5.87. The first-order chi connectivity index (χ1) is 9.67. The number of rotatable bonds is 8. The maximum Gasteiger partial charge on any atom is 0.307 e.